The van der Waals surface area contributed by atoms with Gasteiger partial charge >= 0.3 is 0 Å². The van der Waals surface area contributed by atoms with Gasteiger partial charge in [0.2, 0.25) is 11.8 Å². The van der Waals surface area contributed by atoms with E-state index in [0.29, 0.717) is 13.0 Å². The van der Waals surface area contributed by atoms with E-state index in [1.807, 2.05) is 4.90 Å². The topological polar surface area (TPSA) is 49.4 Å². The highest BCUT2D eigenvalue weighted by atomic mass is 16.2. The molecule has 0 radical (unpaired) electrons. The van der Waals surface area contributed by atoms with Crippen molar-refractivity contribution in [2.45, 2.75) is 45.4 Å². The fourth-order valence-electron chi connectivity index (χ4n) is 3.12. The Morgan fingerprint density at radius 2 is 2.22 bits per heavy atom. The van der Waals surface area contributed by atoms with Crippen LogP contribution in [-0.2, 0) is 9.59 Å². The molecule has 0 aromatic carbocycles. The summed E-state index contributed by atoms with van der Waals surface area (Å²) in [7, 11) is 0. The molecule has 2 fully saturated rings. The van der Waals surface area contributed by atoms with Gasteiger partial charge in [0.05, 0.1) is 5.92 Å². The lowest BCUT2D eigenvalue weighted by Crippen LogP contribution is -2.37. The molecule has 2 heterocycles. The average molecular weight is 252 g/mol. The number of nitrogens with one attached hydrogen (secondary N) is 1. The van der Waals surface area contributed by atoms with Crippen molar-refractivity contribution < 1.29 is 9.59 Å². The zero-order valence-corrected chi connectivity index (χ0v) is 11.3. The van der Waals surface area contributed by atoms with Crippen molar-refractivity contribution >= 4 is 11.8 Å². The van der Waals surface area contributed by atoms with Gasteiger partial charge in [0.15, 0.2) is 0 Å². The van der Waals surface area contributed by atoms with Crippen molar-refractivity contribution in [3.05, 3.63) is 0 Å². The predicted molar refractivity (Wildman–Crippen MR) is 69.9 cm³/mol. The Bertz CT molecular complexity index is 317. The standard InChI is InChI=1S/C14H24N2O2/c1-2-4-11-5-3-7-16(8-6-11)14(18)12-9-13(17)15-10-12/h11-12H,2-10H2,1H3,(H,15,17). The van der Waals surface area contributed by atoms with E-state index >= 15 is 0 Å². The fourth-order valence-corrected chi connectivity index (χ4v) is 3.12. The van der Waals surface area contributed by atoms with E-state index in [1.165, 1.54) is 19.3 Å². The van der Waals surface area contributed by atoms with Crippen LogP contribution in [0.25, 0.3) is 0 Å². The lowest BCUT2D eigenvalue weighted by molar-refractivity contribution is -0.135. The largest absolute Gasteiger partial charge is 0.355 e. The first-order valence-corrected chi connectivity index (χ1v) is 7.26. The highest BCUT2D eigenvalue weighted by Crippen LogP contribution is 2.23. The van der Waals surface area contributed by atoms with Gasteiger partial charge in [-0.1, -0.05) is 19.8 Å². The fraction of sp³-hybridized carbons (Fsp3) is 0.857. The van der Waals surface area contributed by atoms with Gasteiger partial charge in [-0.15, -0.1) is 0 Å². The molecule has 4 nitrogen and oxygen atoms in total. The SMILES string of the molecule is CCCC1CCCN(C(=O)C2CNC(=O)C2)CC1. The molecule has 2 aliphatic rings. The summed E-state index contributed by atoms with van der Waals surface area (Å²) in [6.45, 7) is 4.52. The molecule has 0 aliphatic carbocycles. The highest BCUT2D eigenvalue weighted by Gasteiger charge is 2.32. The third-order valence-electron chi connectivity index (χ3n) is 4.18. The van der Waals surface area contributed by atoms with Crippen LogP contribution in [0.4, 0.5) is 0 Å². The number of carbonyl (C=O) groups excluding carboxylic acids is 2. The lowest BCUT2D eigenvalue weighted by Gasteiger charge is -2.23. The summed E-state index contributed by atoms with van der Waals surface area (Å²) in [4.78, 5) is 25.4. The van der Waals surface area contributed by atoms with Gasteiger partial charge in [0.1, 0.15) is 0 Å². The first kappa shape index (κ1) is 13.4. The molecular formula is C14H24N2O2. The Labute approximate surface area is 109 Å². The first-order chi connectivity index (χ1) is 8.70. The van der Waals surface area contributed by atoms with E-state index in [0.717, 1.165) is 31.8 Å². The number of hydrogen-bond donors (Lipinski definition) is 1. The third-order valence-corrected chi connectivity index (χ3v) is 4.18. The summed E-state index contributed by atoms with van der Waals surface area (Å²) >= 11 is 0. The van der Waals surface area contributed by atoms with Crippen LogP contribution in [0, 0.1) is 11.8 Å². The van der Waals surface area contributed by atoms with E-state index in [4.69, 9.17) is 0 Å². The molecule has 0 aromatic rings. The summed E-state index contributed by atoms with van der Waals surface area (Å²) in [6, 6.07) is 0. The Balaban J connectivity index is 1.85. The smallest absolute Gasteiger partial charge is 0.227 e. The van der Waals surface area contributed by atoms with Crippen LogP contribution in [-0.4, -0.2) is 36.3 Å². The Kier molecular flexibility index (Phi) is 4.61. The number of amides is 2. The van der Waals surface area contributed by atoms with E-state index in [1.54, 1.807) is 0 Å². The van der Waals surface area contributed by atoms with Crippen molar-refractivity contribution in [2.75, 3.05) is 19.6 Å². The van der Waals surface area contributed by atoms with Crippen molar-refractivity contribution in [1.29, 1.82) is 0 Å². The van der Waals surface area contributed by atoms with E-state index in [9.17, 15) is 9.59 Å². The molecule has 0 aromatic heterocycles. The normalized spacial score (nSPS) is 28.9. The second-order valence-corrected chi connectivity index (χ2v) is 5.62. The summed E-state index contributed by atoms with van der Waals surface area (Å²) in [5.74, 6) is 0.883. The molecule has 18 heavy (non-hydrogen) atoms. The molecule has 0 spiro atoms. The molecule has 4 heteroatoms. The van der Waals surface area contributed by atoms with Crippen molar-refractivity contribution in [3.8, 4) is 0 Å². The van der Waals surface area contributed by atoms with Gasteiger partial charge < -0.3 is 10.2 Å². The van der Waals surface area contributed by atoms with Crippen LogP contribution < -0.4 is 5.32 Å². The molecule has 0 saturated carbocycles. The van der Waals surface area contributed by atoms with E-state index in [-0.39, 0.29) is 17.7 Å². The Hall–Kier alpha value is -1.06. The number of likely N-dealkylation sites (tertiary alicyclic amines) is 1. The van der Waals surface area contributed by atoms with Crippen LogP contribution in [0.3, 0.4) is 0 Å². The number of nitrogens with zero attached hydrogens (tertiary/aromatic N) is 1. The van der Waals surface area contributed by atoms with Crippen LogP contribution in [0.15, 0.2) is 0 Å². The van der Waals surface area contributed by atoms with Crippen molar-refractivity contribution in [1.82, 2.24) is 10.2 Å². The monoisotopic (exact) mass is 252 g/mol. The van der Waals surface area contributed by atoms with Gasteiger partial charge in [0, 0.05) is 26.1 Å². The van der Waals surface area contributed by atoms with Crippen molar-refractivity contribution in [3.63, 3.8) is 0 Å². The Morgan fingerprint density at radius 3 is 2.89 bits per heavy atom. The maximum absolute atomic E-state index is 12.3. The number of rotatable bonds is 3. The lowest BCUT2D eigenvalue weighted by atomic mass is 9.96. The van der Waals surface area contributed by atoms with Gasteiger partial charge in [-0.2, -0.15) is 0 Å². The minimum atomic E-state index is -0.111. The van der Waals surface area contributed by atoms with E-state index < -0.39 is 0 Å². The van der Waals surface area contributed by atoms with Gasteiger partial charge in [-0.3, -0.25) is 9.59 Å². The third kappa shape index (κ3) is 3.24. The summed E-state index contributed by atoms with van der Waals surface area (Å²) in [6.07, 6.45) is 6.40. The second-order valence-electron chi connectivity index (χ2n) is 5.62. The maximum Gasteiger partial charge on any atom is 0.227 e. The molecule has 1 N–H and O–H groups in total. The van der Waals surface area contributed by atoms with Gasteiger partial charge in [-0.25, -0.2) is 0 Å². The Morgan fingerprint density at radius 1 is 1.39 bits per heavy atom. The van der Waals surface area contributed by atoms with Crippen molar-refractivity contribution in [2.24, 2.45) is 11.8 Å². The summed E-state index contributed by atoms with van der Waals surface area (Å²) < 4.78 is 0. The summed E-state index contributed by atoms with van der Waals surface area (Å²) in [5.41, 5.74) is 0. The molecule has 2 atom stereocenters. The molecule has 2 saturated heterocycles. The second kappa shape index (κ2) is 6.21. The van der Waals surface area contributed by atoms with Gasteiger partial charge in [-0.05, 0) is 25.2 Å². The highest BCUT2D eigenvalue weighted by molar-refractivity contribution is 5.89. The van der Waals surface area contributed by atoms with Crippen LogP contribution in [0.5, 0.6) is 0 Å². The number of hydrogen-bond acceptors (Lipinski definition) is 2. The first-order valence-electron chi connectivity index (χ1n) is 7.26. The minimum Gasteiger partial charge on any atom is -0.355 e. The van der Waals surface area contributed by atoms with E-state index in [2.05, 4.69) is 12.2 Å². The maximum atomic E-state index is 12.3. The zero-order chi connectivity index (χ0) is 13.0. The average Bonchev–Trinajstić information content (AvgIpc) is 2.65. The minimum absolute atomic E-state index is 0.0204. The summed E-state index contributed by atoms with van der Waals surface area (Å²) in [5, 5.41) is 2.75. The predicted octanol–water partition coefficient (Wildman–Crippen LogP) is 1.55. The van der Waals surface area contributed by atoms with Gasteiger partial charge in [0.25, 0.3) is 0 Å². The van der Waals surface area contributed by atoms with Crippen LogP contribution >= 0.6 is 0 Å². The molecule has 2 rings (SSSR count). The molecule has 2 aliphatic heterocycles. The molecule has 0 bridgehead atoms. The zero-order valence-electron chi connectivity index (χ0n) is 11.3. The number of carbonyl (C=O) groups is 2. The molecular weight excluding hydrogens is 228 g/mol. The van der Waals surface area contributed by atoms with Crippen LogP contribution in [0.1, 0.15) is 45.4 Å². The molecule has 102 valence electrons. The molecule has 2 unspecified atom stereocenters. The molecule has 2 amide bonds. The van der Waals surface area contributed by atoms with Crippen LogP contribution in [0.2, 0.25) is 0 Å². The quantitative estimate of drug-likeness (QED) is 0.828.